The number of hydrogen-bond acceptors (Lipinski definition) is 3. The number of likely N-dealkylation sites (tertiary alicyclic amines) is 1. The quantitative estimate of drug-likeness (QED) is 0.767. The molecule has 1 aromatic carbocycles. The number of rotatable bonds is 5. The van der Waals surface area contributed by atoms with Crippen LogP contribution >= 0.6 is 0 Å². The molecule has 1 saturated heterocycles. The van der Waals surface area contributed by atoms with Crippen LogP contribution < -0.4 is 16.0 Å². The summed E-state index contributed by atoms with van der Waals surface area (Å²) in [5.41, 5.74) is 1.98. The van der Waals surface area contributed by atoms with Gasteiger partial charge in [0, 0.05) is 30.9 Å². The van der Waals surface area contributed by atoms with E-state index in [9.17, 15) is 9.59 Å². The Bertz CT molecular complexity index is 609. The van der Waals surface area contributed by atoms with Crippen molar-refractivity contribution in [2.45, 2.75) is 39.7 Å². The number of anilines is 1. The van der Waals surface area contributed by atoms with E-state index in [1.807, 2.05) is 6.92 Å². The highest BCUT2D eigenvalue weighted by atomic mass is 16.2. The van der Waals surface area contributed by atoms with E-state index in [1.165, 1.54) is 12.8 Å². The van der Waals surface area contributed by atoms with Crippen LogP contribution in [0.25, 0.3) is 0 Å². The van der Waals surface area contributed by atoms with Gasteiger partial charge in [-0.2, -0.15) is 0 Å². The van der Waals surface area contributed by atoms with E-state index in [-0.39, 0.29) is 11.9 Å². The summed E-state index contributed by atoms with van der Waals surface area (Å²) in [6.07, 6.45) is 2.45. The molecule has 6 nitrogen and oxygen atoms in total. The first kappa shape index (κ1) is 19.2. The zero-order chi connectivity index (χ0) is 18.4. The van der Waals surface area contributed by atoms with Gasteiger partial charge >= 0.3 is 6.03 Å². The van der Waals surface area contributed by atoms with E-state index in [0.29, 0.717) is 23.8 Å². The number of hydrogen-bond donors (Lipinski definition) is 3. The Morgan fingerprint density at radius 2 is 1.96 bits per heavy atom. The number of amides is 3. The first-order valence-electron chi connectivity index (χ1n) is 9.03. The molecule has 138 valence electrons. The van der Waals surface area contributed by atoms with Crippen LogP contribution in [0.3, 0.4) is 0 Å². The molecule has 1 aromatic rings. The van der Waals surface area contributed by atoms with E-state index < -0.39 is 0 Å². The summed E-state index contributed by atoms with van der Waals surface area (Å²) < 4.78 is 0. The first-order valence-corrected chi connectivity index (χ1v) is 9.03. The minimum absolute atomic E-state index is 0.158. The van der Waals surface area contributed by atoms with Gasteiger partial charge in [0.1, 0.15) is 0 Å². The lowest BCUT2D eigenvalue weighted by molar-refractivity contribution is 0.0962. The third kappa shape index (κ3) is 5.19. The van der Waals surface area contributed by atoms with Gasteiger partial charge in [0.05, 0.1) is 0 Å². The molecule has 0 saturated carbocycles. The second-order valence-corrected chi connectivity index (χ2v) is 6.96. The number of benzene rings is 1. The summed E-state index contributed by atoms with van der Waals surface area (Å²) in [5, 5.41) is 8.39. The van der Waals surface area contributed by atoms with E-state index in [0.717, 1.165) is 24.6 Å². The van der Waals surface area contributed by atoms with Crippen molar-refractivity contribution in [1.82, 2.24) is 15.5 Å². The fraction of sp³-hybridized carbons (Fsp3) is 0.579. The highest BCUT2D eigenvalue weighted by Gasteiger charge is 2.20. The monoisotopic (exact) mass is 346 g/mol. The van der Waals surface area contributed by atoms with Crippen molar-refractivity contribution in [3.63, 3.8) is 0 Å². The van der Waals surface area contributed by atoms with E-state index >= 15 is 0 Å². The zero-order valence-corrected chi connectivity index (χ0v) is 15.7. The Labute approximate surface area is 150 Å². The fourth-order valence-electron chi connectivity index (χ4n) is 3.16. The lowest BCUT2D eigenvalue weighted by atomic mass is 9.98. The minimum atomic E-state index is -0.241. The zero-order valence-electron chi connectivity index (χ0n) is 15.7. The van der Waals surface area contributed by atoms with Crippen molar-refractivity contribution < 1.29 is 9.59 Å². The lowest BCUT2D eigenvalue weighted by Gasteiger charge is -2.35. The van der Waals surface area contributed by atoms with Crippen LogP contribution in [0.1, 0.15) is 42.6 Å². The molecule has 3 N–H and O–H groups in total. The predicted octanol–water partition coefficient (Wildman–Crippen LogP) is 2.60. The fourth-order valence-corrected chi connectivity index (χ4v) is 3.16. The summed E-state index contributed by atoms with van der Waals surface area (Å²) in [5.74, 6) is 0.643. The Hall–Kier alpha value is -2.08. The average Bonchev–Trinajstić information content (AvgIpc) is 2.61. The molecule has 25 heavy (non-hydrogen) atoms. The van der Waals surface area contributed by atoms with Crippen molar-refractivity contribution in [3.05, 3.63) is 29.3 Å². The summed E-state index contributed by atoms with van der Waals surface area (Å²) in [7, 11) is 1.59. The van der Waals surface area contributed by atoms with Crippen LogP contribution in [-0.2, 0) is 0 Å². The van der Waals surface area contributed by atoms with Gasteiger partial charge in [0.15, 0.2) is 0 Å². The van der Waals surface area contributed by atoms with E-state index in [2.05, 4.69) is 34.7 Å². The molecule has 3 amide bonds. The molecule has 0 aromatic heterocycles. The van der Waals surface area contributed by atoms with E-state index in [1.54, 1.807) is 25.2 Å². The molecule has 1 heterocycles. The van der Waals surface area contributed by atoms with Crippen molar-refractivity contribution >= 4 is 17.6 Å². The lowest BCUT2D eigenvalue weighted by Crippen LogP contribution is -2.46. The van der Waals surface area contributed by atoms with Gasteiger partial charge < -0.3 is 16.0 Å². The molecule has 1 atom stereocenters. The Balaban J connectivity index is 1.87. The maximum absolute atomic E-state index is 12.2. The number of urea groups is 1. The molecule has 0 aliphatic carbocycles. The van der Waals surface area contributed by atoms with Crippen LogP contribution in [0.4, 0.5) is 10.5 Å². The molecule has 1 aliphatic heterocycles. The number of nitrogens with zero attached hydrogens (tertiary/aromatic N) is 1. The minimum Gasteiger partial charge on any atom is -0.355 e. The van der Waals surface area contributed by atoms with Crippen molar-refractivity contribution in [2.75, 3.05) is 32.0 Å². The van der Waals surface area contributed by atoms with Gasteiger partial charge in [-0.05, 0) is 63.4 Å². The largest absolute Gasteiger partial charge is 0.355 e. The number of carbonyl (C=O) groups is 2. The van der Waals surface area contributed by atoms with Gasteiger partial charge in [-0.3, -0.25) is 9.69 Å². The van der Waals surface area contributed by atoms with Crippen LogP contribution in [0.5, 0.6) is 0 Å². The maximum Gasteiger partial charge on any atom is 0.319 e. The molecule has 1 aliphatic rings. The second-order valence-electron chi connectivity index (χ2n) is 6.96. The van der Waals surface area contributed by atoms with Gasteiger partial charge in [-0.25, -0.2) is 4.79 Å². The Kier molecular flexibility index (Phi) is 6.82. The molecule has 6 heteroatoms. The standard InChI is InChI=1S/C19H30N4O2/c1-13-8-10-23(11-9-13)14(2)12-21-19(25)22-17-7-5-6-16(15(17)3)18(24)20-4/h5-7,13-14H,8-12H2,1-4H3,(H,20,24)(H2,21,22,25). The number of nitrogens with one attached hydrogen (secondary N) is 3. The molecular formula is C19H30N4O2. The smallest absolute Gasteiger partial charge is 0.319 e. The maximum atomic E-state index is 12.2. The summed E-state index contributed by atoms with van der Waals surface area (Å²) in [4.78, 5) is 26.5. The molecule has 0 bridgehead atoms. The van der Waals surface area contributed by atoms with Gasteiger partial charge in [-0.1, -0.05) is 13.0 Å². The number of carbonyl (C=O) groups excluding carboxylic acids is 2. The van der Waals surface area contributed by atoms with Crippen LogP contribution in [0.15, 0.2) is 18.2 Å². The molecule has 2 rings (SSSR count). The topological polar surface area (TPSA) is 73.5 Å². The second kappa shape index (κ2) is 8.85. The summed E-state index contributed by atoms with van der Waals surface area (Å²) in [6, 6.07) is 5.39. The molecule has 0 radical (unpaired) electrons. The van der Waals surface area contributed by atoms with Crippen LogP contribution in [0, 0.1) is 12.8 Å². The number of piperidine rings is 1. The Morgan fingerprint density at radius 1 is 1.28 bits per heavy atom. The molecule has 0 spiro atoms. The predicted molar refractivity (Wildman–Crippen MR) is 101 cm³/mol. The molecule has 1 unspecified atom stereocenters. The van der Waals surface area contributed by atoms with Crippen molar-refractivity contribution in [3.8, 4) is 0 Å². The Morgan fingerprint density at radius 3 is 2.60 bits per heavy atom. The first-order chi connectivity index (χ1) is 11.9. The highest BCUT2D eigenvalue weighted by molar-refractivity contribution is 5.98. The van der Waals surface area contributed by atoms with Gasteiger partial charge in [0.25, 0.3) is 5.91 Å². The normalized spacial score (nSPS) is 17.0. The van der Waals surface area contributed by atoms with Crippen molar-refractivity contribution in [1.29, 1.82) is 0 Å². The van der Waals surface area contributed by atoms with Gasteiger partial charge in [-0.15, -0.1) is 0 Å². The van der Waals surface area contributed by atoms with Crippen LogP contribution in [-0.4, -0.2) is 49.6 Å². The van der Waals surface area contributed by atoms with E-state index in [4.69, 9.17) is 0 Å². The SMILES string of the molecule is CNC(=O)c1cccc(NC(=O)NCC(C)N2CCC(C)CC2)c1C. The average molecular weight is 346 g/mol. The van der Waals surface area contributed by atoms with Gasteiger partial charge in [0.2, 0.25) is 0 Å². The summed E-state index contributed by atoms with van der Waals surface area (Å²) in [6.45, 7) is 9.07. The molecule has 1 fully saturated rings. The highest BCUT2D eigenvalue weighted by Crippen LogP contribution is 2.19. The summed E-state index contributed by atoms with van der Waals surface area (Å²) >= 11 is 0. The van der Waals surface area contributed by atoms with Crippen molar-refractivity contribution in [2.24, 2.45) is 5.92 Å². The van der Waals surface area contributed by atoms with Crippen LogP contribution in [0.2, 0.25) is 0 Å². The molecular weight excluding hydrogens is 316 g/mol. The third-order valence-corrected chi connectivity index (χ3v) is 5.05. The third-order valence-electron chi connectivity index (χ3n) is 5.05.